The third kappa shape index (κ3) is 4.80. The number of aliphatic hydroxyl groups is 1. The zero-order valence-electron chi connectivity index (χ0n) is 15.7. The fourth-order valence-corrected chi connectivity index (χ4v) is 2.87. The summed E-state index contributed by atoms with van der Waals surface area (Å²) in [6.07, 6.45) is -0.0666. The van der Waals surface area contributed by atoms with Crippen LogP contribution in [0.15, 0.2) is 36.4 Å². The van der Waals surface area contributed by atoms with Gasteiger partial charge < -0.3 is 29.7 Å². The number of nitrogens with one attached hydrogen (secondary N) is 1. The van der Waals surface area contributed by atoms with Gasteiger partial charge in [-0.15, -0.1) is 0 Å². The molecule has 3 N–H and O–H groups in total. The van der Waals surface area contributed by atoms with Crippen LogP contribution in [0.2, 0.25) is 0 Å². The number of hydrogen-bond acceptors (Lipinski definition) is 6. The molecule has 2 aromatic carbocycles. The maximum absolute atomic E-state index is 10.3. The fourth-order valence-electron chi connectivity index (χ4n) is 2.87. The normalized spacial score (nSPS) is 13.1. The SMILES string of the molecule is COc1cc(CC(C)NCC(O)c2ccccc2O)cc(OC)c1OC. The summed E-state index contributed by atoms with van der Waals surface area (Å²) in [5, 5.41) is 23.4. The molecule has 0 amide bonds. The van der Waals surface area contributed by atoms with Crippen molar-refractivity contribution < 1.29 is 24.4 Å². The summed E-state index contributed by atoms with van der Waals surface area (Å²) >= 11 is 0. The predicted octanol–water partition coefficient (Wildman–Crippen LogP) is 2.67. The third-order valence-electron chi connectivity index (χ3n) is 4.22. The molecule has 2 rings (SSSR count). The van der Waals surface area contributed by atoms with Gasteiger partial charge in [-0.2, -0.15) is 0 Å². The Kier molecular flexibility index (Phi) is 7.12. The number of aromatic hydroxyl groups is 1. The van der Waals surface area contributed by atoms with E-state index in [4.69, 9.17) is 14.2 Å². The Morgan fingerprint density at radius 2 is 1.62 bits per heavy atom. The summed E-state index contributed by atoms with van der Waals surface area (Å²) < 4.78 is 16.1. The summed E-state index contributed by atoms with van der Waals surface area (Å²) in [5.41, 5.74) is 1.54. The summed E-state index contributed by atoms with van der Waals surface area (Å²) in [6.45, 7) is 2.36. The minimum Gasteiger partial charge on any atom is -0.508 e. The van der Waals surface area contributed by atoms with Gasteiger partial charge in [-0.3, -0.25) is 0 Å². The second kappa shape index (κ2) is 9.31. The second-order valence-corrected chi connectivity index (χ2v) is 6.12. The zero-order chi connectivity index (χ0) is 19.1. The highest BCUT2D eigenvalue weighted by Crippen LogP contribution is 2.38. The molecule has 0 spiro atoms. The fraction of sp³-hybridized carbons (Fsp3) is 0.400. The number of para-hydroxylation sites is 1. The van der Waals surface area contributed by atoms with Crippen LogP contribution >= 0.6 is 0 Å². The first-order valence-electron chi connectivity index (χ1n) is 8.48. The van der Waals surface area contributed by atoms with Crippen molar-refractivity contribution in [3.8, 4) is 23.0 Å². The van der Waals surface area contributed by atoms with Crippen molar-refractivity contribution in [3.63, 3.8) is 0 Å². The molecule has 0 radical (unpaired) electrons. The molecule has 0 aliphatic carbocycles. The van der Waals surface area contributed by atoms with Crippen molar-refractivity contribution in [1.82, 2.24) is 5.32 Å². The van der Waals surface area contributed by atoms with E-state index in [9.17, 15) is 10.2 Å². The standard InChI is InChI=1S/C20H27NO5/c1-13(21-12-17(23)15-7-5-6-8-16(15)22)9-14-10-18(24-2)20(26-4)19(11-14)25-3/h5-8,10-11,13,17,21-23H,9,12H2,1-4H3. The van der Waals surface area contributed by atoms with E-state index in [2.05, 4.69) is 5.32 Å². The van der Waals surface area contributed by atoms with E-state index in [1.165, 1.54) is 0 Å². The monoisotopic (exact) mass is 361 g/mol. The molecule has 6 nitrogen and oxygen atoms in total. The van der Waals surface area contributed by atoms with E-state index in [0.717, 1.165) is 5.56 Å². The molecule has 0 heterocycles. The quantitative estimate of drug-likeness (QED) is 0.637. The molecule has 0 saturated carbocycles. The molecule has 0 bridgehead atoms. The van der Waals surface area contributed by atoms with Gasteiger partial charge in [0.25, 0.3) is 0 Å². The van der Waals surface area contributed by atoms with Gasteiger partial charge in [-0.05, 0) is 37.1 Å². The van der Waals surface area contributed by atoms with Gasteiger partial charge in [0.2, 0.25) is 5.75 Å². The van der Waals surface area contributed by atoms with Crippen LogP contribution in [-0.4, -0.2) is 44.1 Å². The molecular weight excluding hydrogens is 334 g/mol. The minimum atomic E-state index is -0.779. The Hall–Kier alpha value is -2.44. The first-order chi connectivity index (χ1) is 12.5. The highest BCUT2D eigenvalue weighted by atomic mass is 16.5. The summed E-state index contributed by atoms with van der Waals surface area (Å²) in [5.74, 6) is 1.89. The average molecular weight is 361 g/mol. The van der Waals surface area contributed by atoms with Crippen molar-refractivity contribution in [3.05, 3.63) is 47.5 Å². The third-order valence-corrected chi connectivity index (χ3v) is 4.22. The number of ether oxygens (including phenoxy) is 3. The maximum Gasteiger partial charge on any atom is 0.203 e. The van der Waals surface area contributed by atoms with Gasteiger partial charge in [0.15, 0.2) is 11.5 Å². The summed E-state index contributed by atoms with van der Waals surface area (Å²) in [6, 6.07) is 10.7. The van der Waals surface area contributed by atoms with Crippen molar-refractivity contribution in [1.29, 1.82) is 0 Å². The second-order valence-electron chi connectivity index (χ2n) is 6.12. The predicted molar refractivity (Wildman–Crippen MR) is 100 cm³/mol. The smallest absolute Gasteiger partial charge is 0.203 e. The molecule has 0 saturated heterocycles. The molecule has 0 aromatic heterocycles. The molecule has 142 valence electrons. The lowest BCUT2D eigenvalue weighted by molar-refractivity contribution is 0.167. The lowest BCUT2D eigenvalue weighted by atomic mass is 10.0. The van der Waals surface area contributed by atoms with Crippen LogP contribution in [0.4, 0.5) is 0 Å². The van der Waals surface area contributed by atoms with Crippen LogP contribution < -0.4 is 19.5 Å². The van der Waals surface area contributed by atoms with Crippen LogP contribution in [0.1, 0.15) is 24.2 Å². The Morgan fingerprint density at radius 1 is 1.00 bits per heavy atom. The van der Waals surface area contributed by atoms with Gasteiger partial charge in [-0.1, -0.05) is 18.2 Å². The van der Waals surface area contributed by atoms with E-state index < -0.39 is 6.10 Å². The molecular formula is C20H27NO5. The Morgan fingerprint density at radius 3 is 2.15 bits per heavy atom. The molecule has 2 unspecified atom stereocenters. The molecule has 2 atom stereocenters. The Bertz CT molecular complexity index is 694. The largest absolute Gasteiger partial charge is 0.508 e. The topological polar surface area (TPSA) is 80.2 Å². The van der Waals surface area contributed by atoms with E-state index >= 15 is 0 Å². The minimum absolute atomic E-state index is 0.0957. The molecule has 0 aliphatic rings. The number of phenols is 1. The van der Waals surface area contributed by atoms with Crippen LogP contribution in [0.25, 0.3) is 0 Å². The Balaban J connectivity index is 2.01. The van der Waals surface area contributed by atoms with E-state index in [-0.39, 0.29) is 11.8 Å². The highest BCUT2D eigenvalue weighted by Gasteiger charge is 2.16. The molecule has 0 fully saturated rings. The van der Waals surface area contributed by atoms with E-state index in [1.807, 2.05) is 19.1 Å². The van der Waals surface area contributed by atoms with Crippen molar-refractivity contribution in [2.24, 2.45) is 0 Å². The van der Waals surface area contributed by atoms with Gasteiger partial charge in [0.05, 0.1) is 27.4 Å². The number of benzene rings is 2. The molecule has 2 aromatic rings. The van der Waals surface area contributed by atoms with Crippen LogP contribution in [0, 0.1) is 0 Å². The Labute approximate surface area is 154 Å². The van der Waals surface area contributed by atoms with Gasteiger partial charge in [0.1, 0.15) is 5.75 Å². The number of rotatable bonds is 9. The molecule has 0 aliphatic heterocycles. The molecule has 6 heteroatoms. The number of hydrogen-bond donors (Lipinski definition) is 3. The lowest BCUT2D eigenvalue weighted by Crippen LogP contribution is -2.32. The van der Waals surface area contributed by atoms with Crippen molar-refractivity contribution >= 4 is 0 Å². The first kappa shape index (κ1) is 19.9. The van der Waals surface area contributed by atoms with Crippen LogP contribution in [0.5, 0.6) is 23.0 Å². The van der Waals surface area contributed by atoms with Gasteiger partial charge in [0, 0.05) is 18.2 Å². The van der Waals surface area contributed by atoms with E-state index in [0.29, 0.717) is 35.8 Å². The number of phenolic OH excluding ortho intramolecular Hbond substituents is 1. The summed E-state index contributed by atoms with van der Waals surface area (Å²) in [7, 11) is 4.75. The summed E-state index contributed by atoms with van der Waals surface area (Å²) in [4.78, 5) is 0. The number of methoxy groups -OCH3 is 3. The number of aliphatic hydroxyl groups excluding tert-OH is 1. The van der Waals surface area contributed by atoms with Crippen LogP contribution in [0.3, 0.4) is 0 Å². The van der Waals surface area contributed by atoms with Crippen molar-refractivity contribution in [2.75, 3.05) is 27.9 Å². The zero-order valence-corrected chi connectivity index (χ0v) is 15.7. The lowest BCUT2D eigenvalue weighted by Gasteiger charge is -2.19. The van der Waals surface area contributed by atoms with Gasteiger partial charge >= 0.3 is 0 Å². The van der Waals surface area contributed by atoms with Gasteiger partial charge in [-0.25, -0.2) is 0 Å². The average Bonchev–Trinajstić information content (AvgIpc) is 2.65. The highest BCUT2D eigenvalue weighted by molar-refractivity contribution is 5.54. The first-order valence-corrected chi connectivity index (χ1v) is 8.48. The van der Waals surface area contributed by atoms with Crippen molar-refractivity contribution in [2.45, 2.75) is 25.5 Å². The maximum atomic E-state index is 10.3. The van der Waals surface area contributed by atoms with E-state index in [1.54, 1.807) is 45.6 Å². The molecule has 26 heavy (non-hydrogen) atoms. The van der Waals surface area contributed by atoms with Crippen LogP contribution in [-0.2, 0) is 6.42 Å².